The molecule has 0 unspecified atom stereocenters. The SMILES string of the molecule is Clc1ccc(-c2nc(-c3ccccc3)nc(-c3ccc(-c4ccccc4)c4oc5ccccc5c34)n2)cc1. The lowest BCUT2D eigenvalue weighted by molar-refractivity contribution is 0.670. The van der Waals surface area contributed by atoms with Crippen molar-refractivity contribution in [1.29, 1.82) is 0 Å². The van der Waals surface area contributed by atoms with Crippen molar-refractivity contribution in [3.05, 3.63) is 126 Å². The van der Waals surface area contributed by atoms with Gasteiger partial charge in [0.25, 0.3) is 0 Å². The van der Waals surface area contributed by atoms with Crippen LogP contribution in [0.15, 0.2) is 126 Å². The van der Waals surface area contributed by atoms with Crippen LogP contribution in [-0.2, 0) is 0 Å². The first-order valence-corrected chi connectivity index (χ1v) is 12.7. The summed E-state index contributed by atoms with van der Waals surface area (Å²) in [6.07, 6.45) is 0. The highest BCUT2D eigenvalue weighted by Crippen LogP contribution is 2.41. The van der Waals surface area contributed by atoms with Crippen LogP contribution in [0.2, 0.25) is 5.02 Å². The van der Waals surface area contributed by atoms with Crippen LogP contribution in [0.4, 0.5) is 0 Å². The average Bonchev–Trinajstić information content (AvgIpc) is 3.37. The summed E-state index contributed by atoms with van der Waals surface area (Å²) >= 11 is 6.16. The molecule has 0 atom stereocenters. The minimum Gasteiger partial charge on any atom is -0.455 e. The van der Waals surface area contributed by atoms with Crippen LogP contribution in [0.5, 0.6) is 0 Å². The second-order valence-electron chi connectivity index (χ2n) is 9.01. The van der Waals surface area contributed by atoms with Gasteiger partial charge in [0.2, 0.25) is 0 Å². The molecule has 0 N–H and O–H groups in total. The van der Waals surface area contributed by atoms with E-state index in [0.29, 0.717) is 22.5 Å². The number of para-hydroxylation sites is 1. The molecular weight excluding hydrogens is 490 g/mol. The normalized spacial score (nSPS) is 11.3. The molecule has 0 fully saturated rings. The molecule has 2 heterocycles. The molecule has 180 valence electrons. The quantitative estimate of drug-likeness (QED) is 0.237. The van der Waals surface area contributed by atoms with Gasteiger partial charge in [-0.1, -0.05) is 90.5 Å². The Bertz CT molecular complexity index is 1910. The fourth-order valence-corrected chi connectivity index (χ4v) is 4.93. The lowest BCUT2D eigenvalue weighted by Gasteiger charge is -2.11. The van der Waals surface area contributed by atoms with E-state index in [0.717, 1.165) is 49.8 Å². The van der Waals surface area contributed by atoms with E-state index in [-0.39, 0.29) is 0 Å². The van der Waals surface area contributed by atoms with Crippen LogP contribution in [0, 0.1) is 0 Å². The number of furan rings is 1. The van der Waals surface area contributed by atoms with Crippen molar-refractivity contribution >= 4 is 33.5 Å². The molecule has 0 saturated carbocycles. The van der Waals surface area contributed by atoms with Crippen molar-refractivity contribution in [1.82, 2.24) is 15.0 Å². The molecule has 7 aromatic rings. The molecule has 0 radical (unpaired) electrons. The van der Waals surface area contributed by atoms with Crippen molar-refractivity contribution < 1.29 is 4.42 Å². The van der Waals surface area contributed by atoms with Gasteiger partial charge in [-0.05, 0) is 48.0 Å². The maximum Gasteiger partial charge on any atom is 0.164 e. The van der Waals surface area contributed by atoms with E-state index in [2.05, 4.69) is 30.3 Å². The van der Waals surface area contributed by atoms with Gasteiger partial charge in [-0.15, -0.1) is 0 Å². The van der Waals surface area contributed by atoms with E-state index in [9.17, 15) is 0 Å². The topological polar surface area (TPSA) is 51.8 Å². The molecular formula is C33H20ClN3O. The predicted octanol–water partition coefficient (Wildman–Crippen LogP) is 9.09. The second kappa shape index (κ2) is 9.25. The van der Waals surface area contributed by atoms with Gasteiger partial charge in [0, 0.05) is 38.0 Å². The lowest BCUT2D eigenvalue weighted by Crippen LogP contribution is -2.00. The Hall–Kier alpha value is -4.80. The number of hydrogen-bond donors (Lipinski definition) is 0. The summed E-state index contributed by atoms with van der Waals surface area (Å²) < 4.78 is 6.46. The standard InChI is InChI=1S/C33H20ClN3O/c34-24-17-15-23(16-18-24)32-35-31(22-11-5-2-6-12-22)36-33(37-32)27-20-19-25(21-9-3-1-4-10-21)30-29(27)26-13-7-8-14-28(26)38-30/h1-20H. The van der Waals surface area contributed by atoms with Crippen LogP contribution < -0.4 is 0 Å². The highest BCUT2D eigenvalue weighted by molar-refractivity contribution is 6.30. The van der Waals surface area contributed by atoms with Crippen LogP contribution in [0.3, 0.4) is 0 Å². The largest absolute Gasteiger partial charge is 0.455 e. The Balaban J connectivity index is 1.53. The van der Waals surface area contributed by atoms with Gasteiger partial charge in [-0.2, -0.15) is 0 Å². The first-order chi connectivity index (χ1) is 18.7. The summed E-state index contributed by atoms with van der Waals surface area (Å²) in [5, 5.41) is 2.66. The van der Waals surface area contributed by atoms with Gasteiger partial charge in [0.1, 0.15) is 11.2 Å². The smallest absolute Gasteiger partial charge is 0.164 e. The van der Waals surface area contributed by atoms with Gasteiger partial charge in [-0.3, -0.25) is 0 Å². The Morgan fingerprint density at radius 3 is 1.74 bits per heavy atom. The molecule has 0 aliphatic rings. The minimum atomic E-state index is 0.582. The Morgan fingerprint density at radius 1 is 0.474 bits per heavy atom. The van der Waals surface area contributed by atoms with Crippen LogP contribution in [0.1, 0.15) is 0 Å². The number of aromatic nitrogens is 3. The third-order valence-electron chi connectivity index (χ3n) is 6.62. The van der Waals surface area contributed by atoms with Crippen LogP contribution in [0.25, 0.3) is 67.2 Å². The van der Waals surface area contributed by atoms with E-state index < -0.39 is 0 Å². The summed E-state index contributed by atoms with van der Waals surface area (Å²) in [7, 11) is 0. The number of hydrogen-bond acceptors (Lipinski definition) is 4. The Labute approximate surface area is 224 Å². The average molecular weight is 510 g/mol. The minimum absolute atomic E-state index is 0.582. The van der Waals surface area contributed by atoms with Crippen LogP contribution >= 0.6 is 11.6 Å². The van der Waals surface area contributed by atoms with E-state index in [1.165, 1.54) is 0 Å². The molecule has 5 aromatic carbocycles. The maximum atomic E-state index is 6.46. The third kappa shape index (κ3) is 3.92. The molecule has 5 heteroatoms. The number of halogens is 1. The van der Waals surface area contributed by atoms with E-state index in [4.69, 9.17) is 31.0 Å². The fourth-order valence-electron chi connectivity index (χ4n) is 4.80. The highest BCUT2D eigenvalue weighted by Gasteiger charge is 2.20. The number of fused-ring (bicyclic) bond motifs is 3. The van der Waals surface area contributed by atoms with Gasteiger partial charge in [0.15, 0.2) is 17.5 Å². The Morgan fingerprint density at radius 2 is 1.03 bits per heavy atom. The summed E-state index contributed by atoms with van der Waals surface area (Å²) in [6, 6.07) is 40.0. The lowest BCUT2D eigenvalue weighted by atomic mass is 9.98. The van der Waals surface area contributed by atoms with Crippen LogP contribution in [-0.4, -0.2) is 15.0 Å². The van der Waals surface area contributed by atoms with Crippen molar-refractivity contribution in [3.8, 4) is 45.3 Å². The van der Waals surface area contributed by atoms with Gasteiger partial charge in [0.05, 0.1) is 0 Å². The van der Waals surface area contributed by atoms with Gasteiger partial charge >= 0.3 is 0 Å². The molecule has 7 rings (SSSR count). The highest BCUT2D eigenvalue weighted by atomic mass is 35.5. The van der Waals surface area contributed by atoms with Crippen molar-refractivity contribution in [3.63, 3.8) is 0 Å². The zero-order valence-electron chi connectivity index (χ0n) is 20.2. The first-order valence-electron chi connectivity index (χ1n) is 12.3. The molecule has 0 saturated heterocycles. The maximum absolute atomic E-state index is 6.46. The fraction of sp³-hybridized carbons (Fsp3) is 0. The molecule has 38 heavy (non-hydrogen) atoms. The Kier molecular flexibility index (Phi) is 5.46. The predicted molar refractivity (Wildman–Crippen MR) is 154 cm³/mol. The third-order valence-corrected chi connectivity index (χ3v) is 6.87. The second-order valence-corrected chi connectivity index (χ2v) is 9.44. The van der Waals surface area contributed by atoms with E-state index in [1.807, 2.05) is 91.0 Å². The van der Waals surface area contributed by atoms with Gasteiger partial charge < -0.3 is 4.42 Å². The summed E-state index contributed by atoms with van der Waals surface area (Å²) in [5.41, 5.74) is 6.41. The first kappa shape index (κ1) is 22.4. The van der Waals surface area contributed by atoms with Crippen molar-refractivity contribution in [2.75, 3.05) is 0 Å². The van der Waals surface area contributed by atoms with Crippen molar-refractivity contribution in [2.24, 2.45) is 0 Å². The zero-order chi connectivity index (χ0) is 25.5. The summed E-state index contributed by atoms with van der Waals surface area (Å²) in [5.74, 6) is 1.77. The number of nitrogens with zero attached hydrogens (tertiary/aromatic N) is 3. The van der Waals surface area contributed by atoms with Gasteiger partial charge in [-0.25, -0.2) is 15.0 Å². The molecule has 0 aliphatic carbocycles. The monoisotopic (exact) mass is 509 g/mol. The van der Waals surface area contributed by atoms with E-state index >= 15 is 0 Å². The zero-order valence-corrected chi connectivity index (χ0v) is 20.9. The number of benzene rings is 5. The van der Waals surface area contributed by atoms with Crippen molar-refractivity contribution in [2.45, 2.75) is 0 Å². The molecule has 2 aromatic heterocycles. The molecule has 4 nitrogen and oxygen atoms in total. The molecule has 0 amide bonds. The molecule has 0 bridgehead atoms. The molecule has 0 aliphatic heterocycles. The molecule has 0 spiro atoms. The number of rotatable bonds is 4. The summed E-state index contributed by atoms with van der Waals surface area (Å²) in [6.45, 7) is 0. The van der Waals surface area contributed by atoms with E-state index in [1.54, 1.807) is 0 Å². The summed E-state index contributed by atoms with van der Waals surface area (Å²) in [4.78, 5) is 14.8.